The van der Waals surface area contributed by atoms with Gasteiger partial charge in [-0.25, -0.2) is 0 Å². The number of para-hydroxylation sites is 1. The van der Waals surface area contributed by atoms with Crippen molar-refractivity contribution in [2.75, 3.05) is 13.2 Å². The van der Waals surface area contributed by atoms with Gasteiger partial charge < -0.3 is 18.9 Å². The van der Waals surface area contributed by atoms with Crippen LogP contribution in [0.2, 0.25) is 0 Å². The van der Waals surface area contributed by atoms with Gasteiger partial charge >= 0.3 is 0 Å². The number of carbonyl (C=O) groups excluding carboxylic acids is 1. The van der Waals surface area contributed by atoms with Gasteiger partial charge in [0, 0.05) is 0 Å². The van der Waals surface area contributed by atoms with E-state index in [2.05, 4.69) is 0 Å². The van der Waals surface area contributed by atoms with E-state index in [-0.39, 0.29) is 11.9 Å². The summed E-state index contributed by atoms with van der Waals surface area (Å²) < 4.78 is 22.8. The Morgan fingerprint density at radius 2 is 1.66 bits per heavy atom. The van der Waals surface area contributed by atoms with Gasteiger partial charge in [-0.1, -0.05) is 48.5 Å². The zero-order chi connectivity index (χ0) is 19.6. The van der Waals surface area contributed by atoms with Crippen LogP contribution >= 0.6 is 0 Å². The number of ketones is 1. The number of ether oxygens (including phenoxy) is 4. The minimum Gasteiger partial charge on any atom is -0.488 e. The normalized spacial score (nSPS) is 19.4. The highest BCUT2D eigenvalue weighted by molar-refractivity contribution is 6.03. The van der Waals surface area contributed by atoms with Crippen molar-refractivity contribution in [3.8, 4) is 17.2 Å². The van der Waals surface area contributed by atoms with Crippen LogP contribution in [-0.4, -0.2) is 25.1 Å². The molecule has 2 aliphatic rings. The van der Waals surface area contributed by atoms with Crippen molar-refractivity contribution < 1.29 is 23.7 Å². The first-order chi connectivity index (χ1) is 14.3. The SMILES string of the molecule is O=C(c1ccccc1OCc1ccccc1)[C@@H]1O[C@@H]1c1ccc2c(c1)OCCO2. The Morgan fingerprint density at radius 1 is 0.897 bits per heavy atom. The number of fused-ring (bicyclic) bond motifs is 1. The van der Waals surface area contributed by atoms with Crippen LogP contribution in [0.3, 0.4) is 0 Å². The molecule has 2 heterocycles. The average molecular weight is 388 g/mol. The molecular weight excluding hydrogens is 368 g/mol. The molecule has 0 unspecified atom stereocenters. The van der Waals surface area contributed by atoms with E-state index in [9.17, 15) is 4.79 Å². The van der Waals surface area contributed by atoms with E-state index in [1.54, 1.807) is 6.07 Å². The van der Waals surface area contributed by atoms with Crippen molar-refractivity contribution in [1.29, 1.82) is 0 Å². The van der Waals surface area contributed by atoms with Gasteiger partial charge in [-0.2, -0.15) is 0 Å². The van der Waals surface area contributed by atoms with Crippen molar-refractivity contribution in [1.82, 2.24) is 0 Å². The average Bonchev–Trinajstić information content (AvgIpc) is 3.59. The van der Waals surface area contributed by atoms with Crippen LogP contribution in [0.1, 0.15) is 27.6 Å². The number of hydrogen-bond donors (Lipinski definition) is 0. The minimum absolute atomic E-state index is 0.0754. The fourth-order valence-electron chi connectivity index (χ4n) is 3.49. The Hall–Kier alpha value is -3.31. The van der Waals surface area contributed by atoms with Crippen LogP contribution < -0.4 is 14.2 Å². The van der Waals surface area contributed by atoms with Crippen molar-refractivity contribution in [3.63, 3.8) is 0 Å². The van der Waals surface area contributed by atoms with Crippen LogP contribution in [0, 0.1) is 0 Å². The molecule has 2 aliphatic heterocycles. The molecule has 0 N–H and O–H groups in total. The fraction of sp³-hybridized carbons (Fsp3) is 0.208. The van der Waals surface area contributed by atoms with E-state index in [1.165, 1.54) is 0 Å². The zero-order valence-corrected chi connectivity index (χ0v) is 15.7. The van der Waals surface area contributed by atoms with Crippen LogP contribution in [0.25, 0.3) is 0 Å². The standard InChI is InChI=1S/C24H20O5/c25-22(18-8-4-5-9-19(18)28-15-16-6-2-1-3-7-16)24-23(29-24)17-10-11-20-21(14-17)27-13-12-26-20/h1-11,14,23-24H,12-13,15H2/t23-,24+/m1/s1. The number of Topliss-reactive ketones (excluding diaryl/α,β-unsaturated/α-hetero) is 1. The molecule has 0 aromatic heterocycles. The van der Waals surface area contributed by atoms with E-state index in [4.69, 9.17) is 18.9 Å². The summed E-state index contributed by atoms with van der Waals surface area (Å²) in [5.74, 6) is 1.91. The molecule has 3 aromatic carbocycles. The zero-order valence-electron chi connectivity index (χ0n) is 15.7. The Bertz CT molecular complexity index is 1030. The molecule has 0 spiro atoms. The van der Waals surface area contributed by atoms with Crippen molar-refractivity contribution in [2.45, 2.75) is 18.8 Å². The molecule has 1 saturated heterocycles. The summed E-state index contributed by atoms with van der Waals surface area (Å²) in [5, 5.41) is 0. The lowest BCUT2D eigenvalue weighted by molar-refractivity contribution is 0.0949. The molecule has 0 saturated carbocycles. The monoisotopic (exact) mass is 388 g/mol. The predicted octanol–water partition coefficient (Wildman–Crippen LogP) is 4.36. The van der Waals surface area contributed by atoms with Gasteiger partial charge in [-0.05, 0) is 35.4 Å². The first kappa shape index (κ1) is 17.8. The summed E-state index contributed by atoms with van der Waals surface area (Å²) in [6.07, 6.45) is -0.792. The third-order valence-electron chi connectivity index (χ3n) is 5.03. The molecule has 0 amide bonds. The molecule has 0 aliphatic carbocycles. The van der Waals surface area contributed by atoms with Gasteiger partial charge in [0.05, 0.1) is 5.56 Å². The van der Waals surface area contributed by atoms with Crippen LogP contribution in [0.15, 0.2) is 72.8 Å². The second kappa shape index (κ2) is 7.60. The van der Waals surface area contributed by atoms with E-state index in [1.807, 2.05) is 66.7 Å². The molecule has 2 atom stereocenters. The van der Waals surface area contributed by atoms with Crippen molar-refractivity contribution >= 4 is 5.78 Å². The second-order valence-corrected chi connectivity index (χ2v) is 7.02. The molecule has 5 rings (SSSR count). The molecular formula is C24H20O5. The van der Waals surface area contributed by atoms with Crippen LogP contribution in [-0.2, 0) is 11.3 Å². The summed E-state index contributed by atoms with van der Waals surface area (Å²) in [4.78, 5) is 13.1. The van der Waals surface area contributed by atoms with Gasteiger partial charge in [0.25, 0.3) is 0 Å². The van der Waals surface area contributed by atoms with Gasteiger partial charge in [-0.3, -0.25) is 4.79 Å². The topological polar surface area (TPSA) is 57.3 Å². The first-order valence-electron chi connectivity index (χ1n) is 9.64. The molecule has 0 radical (unpaired) electrons. The summed E-state index contributed by atoms with van der Waals surface area (Å²) in [7, 11) is 0. The lowest BCUT2D eigenvalue weighted by atomic mass is 10.0. The van der Waals surface area contributed by atoms with Gasteiger partial charge in [-0.15, -0.1) is 0 Å². The van der Waals surface area contributed by atoms with E-state index in [0.29, 0.717) is 36.9 Å². The highest BCUT2D eigenvalue weighted by atomic mass is 16.6. The molecule has 1 fully saturated rings. The minimum atomic E-state index is -0.515. The van der Waals surface area contributed by atoms with Crippen molar-refractivity contribution in [3.05, 3.63) is 89.5 Å². The number of hydrogen-bond acceptors (Lipinski definition) is 5. The molecule has 29 heavy (non-hydrogen) atoms. The molecule has 3 aromatic rings. The van der Waals surface area contributed by atoms with E-state index >= 15 is 0 Å². The molecule has 146 valence electrons. The lowest BCUT2D eigenvalue weighted by Crippen LogP contribution is -2.15. The van der Waals surface area contributed by atoms with E-state index in [0.717, 1.165) is 16.9 Å². The maximum atomic E-state index is 13.1. The molecule has 0 bridgehead atoms. The molecule has 5 heteroatoms. The number of rotatable bonds is 6. The third-order valence-corrected chi connectivity index (χ3v) is 5.03. The third kappa shape index (κ3) is 3.69. The maximum Gasteiger partial charge on any atom is 0.198 e. The predicted molar refractivity (Wildman–Crippen MR) is 107 cm³/mol. The number of benzene rings is 3. The first-order valence-corrected chi connectivity index (χ1v) is 9.64. The number of carbonyl (C=O) groups is 1. The Balaban J connectivity index is 1.30. The highest BCUT2D eigenvalue weighted by Gasteiger charge is 2.47. The smallest absolute Gasteiger partial charge is 0.198 e. The summed E-state index contributed by atoms with van der Waals surface area (Å²) >= 11 is 0. The quantitative estimate of drug-likeness (QED) is 0.464. The van der Waals surface area contributed by atoms with Gasteiger partial charge in [0.1, 0.15) is 31.7 Å². The Kier molecular flexibility index (Phi) is 4.66. The maximum absolute atomic E-state index is 13.1. The lowest BCUT2D eigenvalue weighted by Gasteiger charge is -2.18. The number of epoxide rings is 1. The second-order valence-electron chi connectivity index (χ2n) is 7.02. The van der Waals surface area contributed by atoms with Crippen molar-refractivity contribution in [2.24, 2.45) is 0 Å². The van der Waals surface area contributed by atoms with Crippen LogP contribution in [0.4, 0.5) is 0 Å². The highest BCUT2D eigenvalue weighted by Crippen LogP contribution is 2.44. The molecule has 5 nitrogen and oxygen atoms in total. The van der Waals surface area contributed by atoms with Gasteiger partial charge in [0.15, 0.2) is 23.4 Å². The van der Waals surface area contributed by atoms with Gasteiger partial charge in [0.2, 0.25) is 0 Å². The Labute approximate surface area is 168 Å². The summed E-state index contributed by atoms with van der Waals surface area (Å²) in [6, 6.07) is 22.9. The Morgan fingerprint density at radius 3 is 2.52 bits per heavy atom. The van der Waals surface area contributed by atoms with Crippen LogP contribution in [0.5, 0.6) is 17.2 Å². The summed E-state index contributed by atoms with van der Waals surface area (Å²) in [6.45, 7) is 1.48. The van der Waals surface area contributed by atoms with E-state index < -0.39 is 6.10 Å². The summed E-state index contributed by atoms with van der Waals surface area (Å²) in [5.41, 5.74) is 2.50. The fourth-order valence-corrected chi connectivity index (χ4v) is 3.49. The largest absolute Gasteiger partial charge is 0.488 e.